The molecule has 2 heterocycles. The van der Waals surface area contributed by atoms with E-state index in [1.54, 1.807) is 6.20 Å². The van der Waals surface area contributed by atoms with Gasteiger partial charge in [-0.1, -0.05) is 24.3 Å². The second-order valence-corrected chi connectivity index (χ2v) is 5.93. The molecule has 1 aliphatic heterocycles. The predicted octanol–water partition coefficient (Wildman–Crippen LogP) is 3.38. The van der Waals surface area contributed by atoms with Crippen molar-refractivity contribution < 1.29 is 4.79 Å². The molecule has 1 fully saturated rings. The summed E-state index contributed by atoms with van der Waals surface area (Å²) in [6.07, 6.45) is 3.71. The Labute approximate surface area is 131 Å². The zero-order chi connectivity index (χ0) is 15.7. The maximum Gasteiger partial charge on any atom is 0.257 e. The zero-order valence-electron chi connectivity index (χ0n) is 13.3. The van der Waals surface area contributed by atoms with Crippen LogP contribution in [0.4, 0.5) is 0 Å². The third kappa shape index (κ3) is 2.61. The Bertz CT molecular complexity index is 711. The van der Waals surface area contributed by atoms with Gasteiger partial charge in [-0.3, -0.25) is 4.79 Å². The number of aromatic nitrogens is 2. The third-order valence-corrected chi connectivity index (χ3v) is 4.39. The fourth-order valence-electron chi connectivity index (χ4n) is 3.24. The van der Waals surface area contributed by atoms with Crippen molar-refractivity contribution >= 4 is 5.91 Å². The number of rotatable bonds is 2. The fourth-order valence-corrected chi connectivity index (χ4v) is 3.24. The quantitative estimate of drug-likeness (QED) is 0.853. The van der Waals surface area contributed by atoms with Crippen molar-refractivity contribution in [3.63, 3.8) is 0 Å². The van der Waals surface area contributed by atoms with E-state index in [9.17, 15) is 4.79 Å². The highest BCUT2D eigenvalue weighted by molar-refractivity contribution is 5.95. The highest BCUT2D eigenvalue weighted by atomic mass is 16.2. The Hall–Kier alpha value is -2.23. The van der Waals surface area contributed by atoms with Crippen LogP contribution in [-0.2, 0) is 0 Å². The Morgan fingerprint density at radius 3 is 2.73 bits per heavy atom. The lowest BCUT2D eigenvalue weighted by molar-refractivity contribution is 0.0733. The Morgan fingerprint density at radius 1 is 1.23 bits per heavy atom. The lowest BCUT2D eigenvalue weighted by Crippen LogP contribution is -2.31. The van der Waals surface area contributed by atoms with Gasteiger partial charge in [0.2, 0.25) is 0 Å². The topological polar surface area (TPSA) is 46.1 Å². The van der Waals surface area contributed by atoms with Gasteiger partial charge >= 0.3 is 0 Å². The van der Waals surface area contributed by atoms with Gasteiger partial charge in [0.1, 0.15) is 5.82 Å². The molecule has 22 heavy (non-hydrogen) atoms. The first-order valence-electron chi connectivity index (χ1n) is 7.74. The number of carbonyl (C=O) groups is 1. The molecule has 4 nitrogen and oxygen atoms in total. The first-order valence-corrected chi connectivity index (χ1v) is 7.74. The smallest absolute Gasteiger partial charge is 0.257 e. The molecular weight excluding hydrogens is 274 g/mol. The highest BCUT2D eigenvalue weighted by Gasteiger charge is 2.32. The van der Waals surface area contributed by atoms with Gasteiger partial charge in [0.25, 0.3) is 5.91 Å². The van der Waals surface area contributed by atoms with Gasteiger partial charge in [-0.25, -0.2) is 9.97 Å². The summed E-state index contributed by atoms with van der Waals surface area (Å²) < 4.78 is 0. The minimum absolute atomic E-state index is 0.0447. The monoisotopic (exact) mass is 295 g/mol. The van der Waals surface area contributed by atoms with Crippen LogP contribution < -0.4 is 0 Å². The highest BCUT2D eigenvalue weighted by Crippen LogP contribution is 2.34. The van der Waals surface area contributed by atoms with Crippen LogP contribution in [0.1, 0.15) is 51.9 Å². The molecule has 0 saturated carbocycles. The summed E-state index contributed by atoms with van der Waals surface area (Å²) in [5, 5.41) is 0. The summed E-state index contributed by atoms with van der Waals surface area (Å²) in [5.41, 5.74) is 3.86. The molecule has 1 aromatic heterocycles. The number of benzene rings is 1. The number of amides is 1. The predicted molar refractivity (Wildman–Crippen MR) is 85.7 cm³/mol. The lowest BCUT2D eigenvalue weighted by Gasteiger charge is -2.26. The number of nitrogens with zero attached hydrogens (tertiary/aromatic N) is 3. The maximum atomic E-state index is 12.9. The molecule has 0 aliphatic carbocycles. The van der Waals surface area contributed by atoms with Crippen LogP contribution in [0, 0.1) is 20.8 Å². The van der Waals surface area contributed by atoms with Crippen molar-refractivity contribution in [2.24, 2.45) is 0 Å². The number of aryl methyl sites for hydroxylation is 3. The van der Waals surface area contributed by atoms with Crippen molar-refractivity contribution in [1.82, 2.24) is 14.9 Å². The van der Waals surface area contributed by atoms with Crippen molar-refractivity contribution in [1.29, 1.82) is 0 Å². The molecule has 4 heteroatoms. The van der Waals surface area contributed by atoms with Crippen LogP contribution in [0.15, 0.2) is 30.5 Å². The van der Waals surface area contributed by atoms with Gasteiger partial charge in [-0.05, 0) is 44.7 Å². The van der Waals surface area contributed by atoms with E-state index in [2.05, 4.69) is 29.0 Å². The van der Waals surface area contributed by atoms with Crippen molar-refractivity contribution in [3.8, 4) is 0 Å². The molecule has 114 valence electrons. The van der Waals surface area contributed by atoms with E-state index in [0.717, 1.165) is 25.1 Å². The number of likely N-dealkylation sites (tertiary alicyclic amines) is 1. The van der Waals surface area contributed by atoms with Gasteiger partial charge in [0.15, 0.2) is 0 Å². The molecule has 1 aliphatic rings. The first-order chi connectivity index (χ1) is 10.6. The minimum atomic E-state index is 0.0447. The van der Waals surface area contributed by atoms with Crippen molar-refractivity contribution in [2.45, 2.75) is 39.7 Å². The first kappa shape index (κ1) is 14.7. The van der Waals surface area contributed by atoms with Gasteiger partial charge in [0, 0.05) is 12.7 Å². The van der Waals surface area contributed by atoms with E-state index < -0.39 is 0 Å². The number of carbonyl (C=O) groups excluding carboxylic acids is 1. The van der Waals surface area contributed by atoms with Crippen molar-refractivity contribution in [3.05, 3.63) is 58.7 Å². The van der Waals surface area contributed by atoms with Gasteiger partial charge in [0.05, 0.1) is 17.3 Å². The SMILES string of the molecule is Cc1ncc(C(=O)N2CCC[C@@H]2c2ccccc2C)c(C)n1. The Morgan fingerprint density at radius 2 is 2.00 bits per heavy atom. The van der Waals surface area contributed by atoms with Crippen LogP contribution in [0.5, 0.6) is 0 Å². The van der Waals surface area contributed by atoms with Crippen LogP contribution in [-0.4, -0.2) is 27.3 Å². The molecular formula is C18H21N3O. The van der Waals surface area contributed by atoms with Crippen LogP contribution >= 0.6 is 0 Å². The molecule has 0 N–H and O–H groups in total. The summed E-state index contributed by atoms with van der Waals surface area (Å²) in [6.45, 7) is 6.62. The van der Waals surface area contributed by atoms with E-state index in [1.165, 1.54) is 11.1 Å². The summed E-state index contributed by atoms with van der Waals surface area (Å²) >= 11 is 0. The molecule has 1 saturated heterocycles. The van der Waals surface area contributed by atoms with Crippen LogP contribution in [0.2, 0.25) is 0 Å². The molecule has 0 bridgehead atoms. The second-order valence-electron chi connectivity index (χ2n) is 5.93. The fraction of sp³-hybridized carbons (Fsp3) is 0.389. The molecule has 2 aromatic rings. The van der Waals surface area contributed by atoms with E-state index in [4.69, 9.17) is 0 Å². The van der Waals surface area contributed by atoms with Gasteiger partial charge < -0.3 is 4.90 Å². The van der Waals surface area contributed by atoms with Gasteiger partial charge in [-0.15, -0.1) is 0 Å². The molecule has 1 aromatic carbocycles. The van der Waals surface area contributed by atoms with Crippen LogP contribution in [0.25, 0.3) is 0 Å². The Kier molecular flexibility index (Phi) is 3.92. The molecule has 1 atom stereocenters. The van der Waals surface area contributed by atoms with Gasteiger partial charge in [-0.2, -0.15) is 0 Å². The molecule has 3 rings (SSSR count). The third-order valence-electron chi connectivity index (χ3n) is 4.39. The van der Waals surface area contributed by atoms with Crippen LogP contribution in [0.3, 0.4) is 0 Å². The second kappa shape index (κ2) is 5.87. The Balaban J connectivity index is 1.93. The normalized spacial score (nSPS) is 17.8. The molecule has 1 amide bonds. The van der Waals surface area contributed by atoms with E-state index >= 15 is 0 Å². The number of hydrogen-bond acceptors (Lipinski definition) is 3. The molecule has 0 radical (unpaired) electrons. The zero-order valence-corrected chi connectivity index (χ0v) is 13.3. The van der Waals surface area contributed by atoms with E-state index in [-0.39, 0.29) is 11.9 Å². The minimum Gasteiger partial charge on any atom is -0.331 e. The molecule has 0 unspecified atom stereocenters. The van der Waals surface area contributed by atoms with E-state index in [0.29, 0.717) is 11.4 Å². The summed E-state index contributed by atoms with van der Waals surface area (Å²) in [7, 11) is 0. The largest absolute Gasteiger partial charge is 0.331 e. The summed E-state index contributed by atoms with van der Waals surface area (Å²) in [6, 6.07) is 8.48. The maximum absolute atomic E-state index is 12.9. The molecule has 0 spiro atoms. The van der Waals surface area contributed by atoms with Crippen molar-refractivity contribution in [2.75, 3.05) is 6.54 Å². The lowest BCUT2D eigenvalue weighted by atomic mass is 9.99. The summed E-state index contributed by atoms with van der Waals surface area (Å²) in [5.74, 6) is 0.745. The average molecular weight is 295 g/mol. The number of hydrogen-bond donors (Lipinski definition) is 0. The summed E-state index contributed by atoms with van der Waals surface area (Å²) in [4.78, 5) is 23.4. The standard InChI is InChI=1S/C18H21N3O/c1-12-7-4-5-8-15(12)17-9-6-10-21(17)18(22)16-11-19-14(3)20-13(16)2/h4-5,7-8,11,17H,6,9-10H2,1-3H3/t17-/m1/s1. The van der Waals surface area contributed by atoms with E-state index in [1.807, 2.05) is 30.9 Å². The average Bonchev–Trinajstić information content (AvgIpc) is 2.96.